The lowest BCUT2D eigenvalue weighted by Crippen LogP contribution is -2.44. The molecule has 1 aliphatic carbocycles. The number of nitrogens with zero attached hydrogens (tertiary/aromatic N) is 1. The van der Waals surface area contributed by atoms with Crippen molar-refractivity contribution >= 4 is 17.8 Å². The molecule has 1 saturated carbocycles. The van der Waals surface area contributed by atoms with E-state index in [-0.39, 0.29) is 24.3 Å². The van der Waals surface area contributed by atoms with Crippen molar-refractivity contribution in [2.75, 3.05) is 13.1 Å². The van der Waals surface area contributed by atoms with Crippen molar-refractivity contribution < 1.29 is 19.5 Å². The number of amides is 2. The second-order valence-corrected chi connectivity index (χ2v) is 5.98. The number of carboxylic acid groups (broad SMARTS) is 1. The monoisotopic (exact) mass is 284 g/mol. The lowest BCUT2D eigenvalue weighted by atomic mass is 9.80. The SMILES string of the molecule is CC(C)CN(CC(N)=O)C(=O)[C@@H]1CCC[C@H](C(=O)O)C1. The molecule has 0 saturated heterocycles. The Morgan fingerprint density at radius 2 is 1.85 bits per heavy atom. The summed E-state index contributed by atoms with van der Waals surface area (Å²) in [5, 5.41) is 9.07. The Hall–Kier alpha value is -1.59. The first-order chi connectivity index (χ1) is 9.31. The Balaban J connectivity index is 2.72. The molecule has 6 nitrogen and oxygen atoms in total. The van der Waals surface area contributed by atoms with Crippen LogP contribution in [0.2, 0.25) is 0 Å². The highest BCUT2D eigenvalue weighted by molar-refractivity contribution is 5.85. The topological polar surface area (TPSA) is 101 Å². The number of carbonyl (C=O) groups excluding carboxylic acids is 2. The van der Waals surface area contributed by atoms with Crippen LogP contribution in [-0.2, 0) is 14.4 Å². The summed E-state index contributed by atoms with van der Waals surface area (Å²) in [7, 11) is 0. The van der Waals surface area contributed by atoms with Gasteiger partial charge < -0.3 is 15.7 Å². The maximum Gasteiger partial charge on any atom is 0.306 e. The van der Waals surface area contributed by atoms with Gasteiger partial charge in [0.1, 0.15) is 0 Å². The van der Waals surface area contributed by atoms with Gasteiger partial charge in [-0.25, -0.2) is 0 Å². The molecule has 0 heterocycles. The van der Waals surface area contributed by atoms with E-state index in [2.05, 4.69) is 0 Å². The van der Waals surface area contributed by atoms with Gasteiger partial charge in [0.05, 0.1) is 12.5 Å². The summed E-state index contributed by atoms with van der Waals surface area (Å²) in [5.41, 5.74) is 5.18. The molecular weight excluding hydrogens is 260 g/mol. The van der Waals surface area contributed by atoms with Gasteiger partial charge >= 0.3 is 5.97 Å². The lowest BCUT2D eigenvalue weighted by molar-refractivity contribution is -0.146. The van der Waals surface area contributed by atoms with Gasteiger partial charge in [0.15, 0.2) is 0 Å². The van der Waals surface area contributed by atoms with E-state index in [1.807, 2.05) is 13.8 Å². The second-order valence-electron chi connectivity index (χ2n) is 5.98. The number of carboxylic acids is 1. The predicted octanol–water partition coefficient (Wildman–Crippen LogP) is 0.847. The predicted molar refractivity (Wildman–Crippen MR) is 73.7 cm³/mol. The molecule has 114 valence electrons. The number of primary amides is 1. The molecular formula is C14H24N2O4. The van der Waals surface area contributed by atoms with Gasteiger partial charge in [0, 0.05) is 12.5 Å². The van der Waals surface area contributed by atoms with Crippen molar-refractivity contribution in [2.45, 2.75) is 39.5 Å². The van der Waals surface area contributed by atoms with Gasteiger partial charge in [0.25, 0.3) is 0 Å². The maximum absolute atomic E-state index is 12.5. The third-order valence-corrected chi connectivity index (χ3v) is 3.62. The van der Waals surface area contributed by atoms with Crippen LogP contribution in [0.15, 0.2) is 0 Å². The van der Waals surface area contributed by atoms with Crippen LogP contribution in [0, 0.1) is 17.8 Å². The molecule has 2 atom stereocenters. The van der Waals surface area contributed by atoms with Crippen LogP contribution in [0.1, 0.15) is 39.5 Å². The zero-order valence-electron chi connectivity index (χ0n) is 12.2. The minimum absolute atomic E-state index is 0.0920. The zero-order chi connectivity index (χ0) is 15.3. The van der Waals surface area contributed by atoms with Crippen molar-refractivity contribution in [1.82, 2.24) is 4.90 Å². The molecule has 0 aromatic carbocycles. The first-order valence-electron chi connectivity index (χ1n) is 7.11. The number of hydrogen-bond donors (Lipinski definition) is 2. The van der Waals surface area contributed by atoms with E-state index in [9.17, 15) is 14.4 Å². The molecule has 1 rings (SSSR count). The first kappa shape index (κ1) is 16.5. The highest BCUT2D eigenvalue weighted by Gasteiger charge is 2.33. The summed E-state index contributed by atoms with van der Waals surface area (Å²) in [6.07, 6.45) is 2.41. The molecule has 0 unspecified atom stereocenters. The molecule has 1 aliphatic rings. The van der Waals surface area contributed by atoms with Gasteiger partial charge in [-0.3, -0.25) is 14.4 Å². The average molecular weight is 284 g/mol. The van der Waals surface area contributed by atoms with Crippen molar-refractivity contribution in [1.29, 1.82) is 0 Å². The third-order valence-electron chi connectivity index (χ3n) is 3.62. The van der Waals surface area contributed by atoms with Crippen LogP contribution in [0.4, 0.5) is 0 Å². The highest BCUT2D eigenvalue weighted by Crippen LogP contribution is 2.30. The average Bonchev–Trinajstić information content (AvgIpc) is 2.36. The molecule has 0 bridgehead atoms. The van der Waals surface area contributed by atoms with E-state index in [1.54, 1.807) is 0 Å². The molecule has 0 radical (unpaired) electrons. The maximum atomic E-state index is 12.5. The minimum atomic E-state index is -0.840. The molecule has 1 fully saturated rings. The van der Waals surface area contributed by atoms with Crippen LogP contribution in [-0.4, -0.2) is 40.9 Å². The van der Waals surface area contributed by atoms with E-state index >= 15 is 0 Å². The van der Waals surface area contributed by atoms with Gasteiger partial charge in [-0.2, -0.15) is 0 Å². The number of rotatable bonds is 6. The van der Waals surface area contributed by atoms with Gasteiger partial charge in [0.2, 0.25) is 11.8 Å². The van der Waals surface area contributed by atoms with Crippen molar-refractivity contribution in [3.05, 3.63) is 0 Å². The van der Waals surface area contributed by atoms with Gasteiger partial charge in [-0.15, -0.1) is 0 Å². The fourth-order valence-electron chi connectivity index (χ4n) is 2.76. The lowest BCUT2D eigenvalue weighted by Gasteiger charge is -2.31. The standard InChI is InChI=1S/C14H24N2O4/c1-9(2)7-16(8-12(15)17)13(18)10-4-3-5-11(6-10)14(19)20/h9-11H,3-8H2,1-2H3,(H2,15,17)(H,19,20)/t10-,11+/m1/s1. The molecule has 6 heteroatoms. The van der Waals surface area contributed by atoms with Crippen molar-refractivity contribution in [3.63, 3.8) is 0 Å². The normalized spacial score (nSPS) is 22.6. The first-order valence-corrected chi connectivity index (χ1v) is 7.11. The second kappa shape index (κ2) is 7.26. The summed E-state index contributed by atoms with van der Waals surface area (Å²) >= 11 is 0. The van der Waals surface area contributed by atoms with E-state index in [0.717, 1.165) is 6.42 Å². The van der Waals surface area contributed by atoms with Crippen LogP contribution in [0.3, 0.4) is 0 Å². The van der Waals surface area contributed by atoms with Crippen LogP contribution in [0.5, 0.6) is 0 Å². The van der Waals surface area contributed by atoms with Crippen LogP contribution < -0.4 is 5.73 Å². The molecule has 2 amide bonds. The van der Waals surface area contributed by atoms with E-state index < -0.39 is 17.8 Å². The number of carbonyl (C=O) groups is 3. The minimum Gasteiger partial charge on any atom is -0.481 e. The summed E-state index contributed by atoms with van der Waals surface area (Å²) in [6, 6.07) is 0. The quantitative estimate of drug-likeness (QED) is 0.755. The Labute approximate surface area is 119 Å². The largest absolute Gasteiger partial charge is 0.481 e. The van der Waals surface area contributed by atoms with Gasteiger partial charge in [-0.1, -0.05) is 20.3 Å². The molecule has 0 aromatic rings. The number of hydrogen-bond acceptors (Lipinski definition) is 3. The smallest absolute Gasteiger partial charge is 0.306 e. The molecule has 3 N–H and O–H groups in total. The Morgan fingerprint density at radius 1 is 1.25 bits per heavy atom. The summed E-state index contributed by atoms with van der Waals surface area (Å²) < 4.78 is 0. The summed E-state index contributed by atoms with van der Waals surface area (Å²) in [6.45, 7) is 4.30. The third kappa shape index (κ3) is 4.83. The van der Waals surface area contributed by atoms with Crippen molar-refractivity contribution in [2.24, 2.45) is 23.5 Å². The van der Waals surface area contributed by atoms with Gasteiger partial charge in [-0.05, 0) is 25.2 Å². The number of aliphatic carboxylic acids is 1. The fraction of sp³-hybridized carbons (Fsp3) is 0.786. The van der Waals surface area contributed by atoms with E-state index in [1.165, 1.54) is 4.90 Å². The molecule has 0 aliphatic heterocycles. The Morgan fingerprint density at radius 3 is 2.35 bits per heavy atom. The zero-order valence-corrected chi connectivity index (χ0v) is 12.2. The molecule has 0 spiro atoms. The number of nitrogens with two attached hydrogens (primary N) is 1. The van der Waals surface area contributed by atoms with Crippen LogP contribution in [0.25, 0.3) is 0 Å². The summed E-state index contributed by atoms with van der Waals surface area (Å²) in [5.74, 6) is -2.03. The molecule has 0 aromatic heterocycles. The molecule has 20 heavy (non-hydrogen) atoms. The van der Waals surface area contributed by atoms with Crippen molar-refractivity contribution in [3.8, 4) is 0 Å². The van der Waals surface area contributed by atoms with E-state index in [0.29, 0.717) is 25.8 Å². The van der Waals surface area contributed by atoms with E-state index in [4.69, 9.17) is 10.8 Å². The Bertz CT molecular complexity index is 381. The highest BCUT2D eigenvalue weighted by atomic mass is 16.4. The summed E-state index contributed by atoms with van der Waals surface area (Å²) in [4.78, 5) is 36.1. The fourth-order valence-corrected chi connectivity index (χ4v) is 2.76. The van der Waals surface area contributed by atoms with Crippen LogP contribution >= 0.6 is 0 Å². The Kier molecular flexibility index (Phi) is 5.98.